The van der Waals surface area contributed by atoms with E-state index in [4.69, 9.17) is 4.74 Å². The molecule has 86 valence electrons. The van der Waals surface area contributed by atoms with E-state index in [1.54, 1.807) is 6.21 Å². The Morgan fingerprint density at radius 3 is 2.00 bits per heavy atom. The minimum Gasteiger partial charge on any atom is -0.490 e. The predicted molar refractivity (Wildman–Crippen MR) is 67.1 cm³/mol. The van der Waals surface area contributed by atoms with Crippen LogP contribution >= 0.6 is 0 Å². The van der Waals surface area contributed by atoms with Crippen molar-refractivity contribution in [2.24, 2.45) is 10.9 Å². The average Bonchev–Trinajstić information content (AvgIpc) is 2.15. The van der Waals surface area contributed by atoms with Crippen LogP contribution in [-0.4, -0.2) is 12.3 Å². The van der Waals surface area contributed by atoms with Gasteiger partial charge in [-0.3, -0.25) is 4.99 Å². The molecule has 0 bridgehead atoms. The quantitative estimate of drug-likeness (QED) is 0.496. The molecule has 0 heterocycles. The lowest BCUT2D eigenvalue weighted by atomic mass is 10.1. The monoisotopic (exact) mass is 209 g/mol. The molecule has 0 aromatic carbocycles. The van der Waals surface area contributed by atoms with Gasteiger partial charge in [0.25, 0.3) is 0 Å². The number of rotatable bonds is 5. The van der Waals surface area contributed by atoms with E-state index in [1.165, 1.54) is 0 Å². The van der Waals surface area contributed by atoms with Crippen LogP contribution in [0.2, 0.25) is 0 Å². The van der Waals surface area contributed by atoms with Crippen LogP contribution in [0.5, 0.6) is 0 Å². The summed E-state index contributed by atoms with van der Waals surface area (Å²) in [7, 11) is 0. The SMILES string of the molecule is C\C=C(/N=C\C(=C/C)OC(C)C)C(C)C. The molecule has 0 saturated heterocycles. The first-order chi connectivity index (χ1) is 7.01. The van der Waals surface area contributed by atoms with Crippen LogP contribution in [-0.2, 0) is 4.74 Å². The molecule has 0 aromatic heterocycles. The second kappa shape index (κ2) is 7.27. The summed E-state index contributed by atoms with van der Waals surface area (Å²) in [5.41, 5.74) is 1.08. The van der Waals surface area contributed by atoms with Crippen molar-refractivity contribution >= 4 is 6.21 Å². The number of hydrogen-bond acceptors (Lipinski definition) is 2. The fourth-order valence-electron chi connectivity index (χ4n) is 1.14. The maximum Gasteiger partial charge on any atom is 0.133 e. The highest BCUT2D eigenvalue weighted by atomic mass is 16.5. The van der Waals surface area contributed by atoms with Gasteiger partial charge in [0.2, 0.25) is 0 Å². The molecular weight excluding hydrogens is 186 g/mol. The summed E-state index contributed by atoms with van der Waals surface area (Å²) in [5, 5.41) is 0. The average molecular weight is 209 g/mol. The van der Waals surface area contributed by atoms with Crippen LogP contribution in [0.4, 0.5) is 0 Å². The molecule has 15 heavy (non-hydrogen) atoms. The molecule has 2 heteroatoms. The Morgan fingerprint density at radius 1 is 1.07 bits per heavy atom. The van der Waals surface area contributed by atoms with Gasteiger partial charge in [-0.2, -0.15) is 0 Å². The smallest absolute Gasteiger partial charge is 0.133 e. The number of allylic oxidation sites excluding steroid dienone is 4. The van der Waals surface area contributed by atoms with E-state index in [0.717, 1.165) is 11.5 Å². The Labute approximate surface area is 93.7 Å². The molecule has 0 aliphatic heterocycles. The van der Waals surface area contributed by atoms with Gasteiger partial charge in [0.15, 0.2) is 0 Å². The summed E-state index contributed by atoms with van der Waals surface area (Å²) >= 11 is 0. The lowest BCUT2D eigenvalue weighted by molar-refractivity contribution is 0.164. The van der Waals surface area contributed by atoms with Crippen molar-refractivity contribution in [2.45, 2.75) is 47.6 Å². The molecule has 0 spiro atoms. The second-order valence-corrected chi connectivity index (χ2v) is 3.98. The van der Waals surface area contributed by atoms with Gasteiger partial charge < -0.3 is 4.74 Å². The van der Waals surface area contributed by atoms with Crippen molar-refractivity contribution < 1.29 is 4.74 Å². The first-order valence-electron chi connectivity index (χ1n) is 5.54. The van der Waals surface area contributed by atoms with Gasteiger partial charge >= 0.3 is 0 Å². The molecule has 0 radical (unpaired) electrons. The topological polar surface area (TPSA) is 21.6 Å². The van der Waals surface area contributed by atoms with Crippen LogP contribution in [0.25, 0.3) is 0 Å². The first kappa shape index (κ1) is 13.9. The Morgan fingerprint density at radius 2 is 1.67 bits per heavy atom. The summed E-state index contributed by atoms with van der Waals surface area (Å²) in [4.78, 5) is 4.41. The van der Waals surface area contributed by atoms with E-state index in [9.17, 15) is 0 Å². The van der Waals surface area contributed by atoms with Crippen molar-refractivity contribution in [1.29, 1.82) is 0 Å². The maximum absolute atomic E-state index is 5.56. The first-order valence-corrected chi connectivity index (χ1v) is 5.54. The second-order valence-electron chi connectivity index (χ2n) is 3.98. The van der Waals surface area contributed by atoms with Gasteiger partial charge in [-0.05, 0) is 39.7 Å². The van der Waals surface area contributed by atoms with Gasteiger partial charge in [-0.1, -0.05) is 19.9 Å². The van der Waals surface area contributed by atoms with Crippen LogP contribution in [0.1, 0.15) is 41.5 Å². The molecule has 0 amide bonds. The normalized spacial score (nSPS) is 14.4. The third-order valence-corrected chi connectivity index (χ3v) is 1.88. The minimum atomic E-state index is 0.191. The van der Waals surface area contributed by atoms with Crippen molar-refractivity contribution in [2.75, 3.05) is 0 Å². The van der Waals surface area contributed by atoms with E-state index in [0.29, 0.717) is 5.92 Å². The number of nitrogens with zero attached hydrogens (tertiary/aromatic N) is 1. The molecule has 0 saturated carbocycles. The van der Waals surface area contributed by atoms with E-state index in [1.807, 2.05) is 39.8 Å². The third kappa shape index (κ3) is 6.10. The number of ether oxygens (including phenoxy) is 1. The van der Waals surface area contributed by atoms with Crippen LogP contribution < -0.4 is 0 Å². The molecular formula is C13H23NO. The maximum atomic E-state index is 5.56. The summed E-state index contributed by atoms with van der Waals surface area (Å²) in [5.74, 6) is 1.27. The zero-order chi connectivity index (χ0) is 11.8. The summed E-state index contributed by atoms with van der Waals surface area (Å²) in [6.45, 7) is 12.2. The molecule has 0 rings (SSSR count). The fraction of sp³-hybridized carbons (Fsp3) is 0.615. The molecule has 0 aromatic rings. The van der Waals surface area contributed by atoms with E-state index < -0.39 is 0 Å². The number of aliphatic imine (C=N–C) groups is 1. The molecule has 0 unspecified atom stereocenters. The Balaban J connectivity index is 4.48. The molecule has 0 fully saturated rings. The van der Waals surface area contributed by atoms with E-state index >= 15 is 0 Å². The van der Waals surface area contributed by atoms with Gasteiger partial charge in [-0.15, -0.1) is 0 Å². The van der Waals surface area contributed by atoms with Crippen molar-refractivity contribution in [1.82, 2.24) is 0 Å². The van der Waals surface area contributed by atoms with Gasteiger partial charge in [0, 0.05) is 5.70 Å². The highest BCUT2D eigenvalue weighted by Gasteiger charge is 2.00. The van der Waals surface area contributed by atoms with E-state index in [-0.39, 0.29) is 6.10 Å². The summed E-state index contributed by atoms with van der Waals surface area (Å²) in [6, 6.07) is 0. The van der Waals surface area contributed by atoms with E-state index in [2.05, 4.69) is 18.8 Å². The largest absolute Gasteiger partial charge is 0.490 e. The molecule has 0 atom stereocenters. The molecule has 0 aliphatic carbocycles. The summed E-state index contributed by atoms with van der Waals surface area (Å²) < 4.78 is 5.56. The van der Waals surface area contributed by atoms with Crippen LogP contribution in [0.15, 0.2) is 28.6 Å². The highest BCUT2D eigenvalue weighted by molar-refractivity contribution is 5.76. The summed E-state index contributed by atoms with van der Waals surface area (Å²) in [6.07, 6.45) is 5.94. The van der Waals surface area contributed by atoms with Gasteiger partial charge in [-0.25, -0.2) is 0 Å². The van der Waals surface area contributed by atoms with Gasteiger partial charge in [0.1, 0.15) is 5.76 Å². The Hall–Kier alpha value is -1.05. The zero-order valence-corrected chi connectivity index (χ0v) is 10.7. The van der Waals surface area contributed by atoms with Crippen LogP contribution in [0, 0.1) is 5.92 Å². The zero-order valence-electron chi connectivity index (χ0n) is 10.7. The Bertz CT molecular complexity index is 260. The molecule has 0 N–H and O–H groups in total. The van der Waals surface area contributed by atoms with Crippen molar-refractivity contribution in [3.8, 4) is 0 Å². The highest BCUT2D eigenvalue weighted by Crippen LogP contribution is 2.11. The Kier molecular flexibility index (Phi) is 6.76. The minimum absolute atomic E-state index is 0.191. The fourth-order valence-corrected chi connectivity index (χ4v) is 1.14. The lowest BCUT2D eigenvalue weighted by Crippen LogP contribution is -2.03. The van der Waals surface area contributed by atoms with Crippen LogP contribution in [0.3, 0.4) is 0 Å². The lowest BCUT2D eigenvalue weighted by Gasteiger charge is -2.10. The van der Waals surface area contributed by atoms with Crippen molar-refractivity contribution in [3.05, 3.63) is 23.6 Å². The third-order valence-electron chi connectivity index (χ3n) is 1.88. The molecule has 2 nitrogen and oxygen atoms in total. The number of hydrogen-bond donors (Lipinski definition) is 0. The standard InChI is InChI=1S/C13H23NO/c1-7-12(15-11(5)6)9-14-13(8-2)10(3)4/h7-11H,1-6H3/b12-7+,13-8-,14-9-. The van der Waals surface area contributed by atoms with Crippen molar-refractivity contribution in [3.63, 3.8) is 0 Å². The van der Waals surface area contributed by atoms with Gasteiger partial charge in [0.05, 0.1) is 12.3 Å². The molecule has 0 aliphatic rings. The predicted octanol–water partition coefficient (Wildman–Crippen LogP) is 3.95.